The van der Waals surface area contributed by atoms with Crippen LogP contribution in [0.3, 0.4) is 0 Å². The molecule has 3 aromatic heterocycles. The number of anilines is 3. The molecule has 0 fully saturated rings. The molecule has 5 heteroatoms. The fraction of sp³-hybridized carbons (Fsp3) is 0.245. The molecule has 264 valence electrons. The van der Waals surface area contributed by atoms with Crippen LogP contribution in [0, 0.1) is 6.92 Å². The Labute approximate surface area is 322 Å². The van der Waals surface area contributed by atoms with Gasteiger partial charge in [0.05, 0.1) is 16.7 Å². The molecular weight excluding hydrogens is 673 g/mol. The molecule has 0 saturated carbocycles. The van der Waals surface area contributed by atoms with E-state index in [1.807, 2.05) is 11.3 Å². The molecule has 0 amide bonds. The molecule has 2 aliphatic heterocycles. The molecule has 0 bridgehead atoms. The zero-order chi connectivity index (χ0) is 36.9. The number of hydrogen-bond donors (Lipinski definition) is 0. The summed E-state index contributed by atoms with van der Waals surface area (Å²) in [5.74, 6) is 2.02. The summed E-state index contributed by atoms with van der Waals surface area (Å²) in [6, 6.07) is 43.4. The van der Waals surface area contributed by atoms with Gasteiger partial charge >= 0.3 is 0 Å². The van der Waals surface area contributed by atoms with Gasteiger partial charge in [-0.05, 0) is 101 Å². The molecule has 5 heterocycles. The van der Waals surface area contributed by atoms with E-state index in [9.17, 15) is 0 Å². The van der Waals surface area contributed by atoms with E-state index in [1.165, 1.54) is 93.9 Å². The number of nitrogens with zero attached hydrogens (tertiary/aromatic N) is 3. The van der Waals surface area contributed by atoms with Crippen molar-refractivity contribution in [3.63, 3.8) is 0 Å². The van der Waals surface area contributed by atoms with Crippen molar-refractivity contribution in [3.8, 4) is 5.82 Å². The molecule has 0 atom stereocenters. The van der Waals surface area contributed by atoms with Crippen LogP contribution in [0.25, 0.3) is 37.7 Å². The molecule has 8 aromatic rings. The molecule has 5 aromatic carbocycles. The van der Waals surface area contributed by atoms with Crippen molar-refractivity contribution in [2.24, 2.45) is 0 Å². The third-order valence-electron chi connectivity index (χ3n) is 13.4. The second-order valence-corrected chi connectivity index (χ2v) is 19.0. The third-order valence-corrected chi connectivity index (χ3v) is 14.6. The number of rotatable bonds is 2. The highest BCUT2D eigenvalue weighted by molar-refractivity contribution is 7.33. The summed E-state index contributed by atoms with van der Waals surface area (Å²) in [4.78, 5) is 8.39. The van der Waals surface area contributed by atoms with Gasteiger partial charge in [-0.15, -0.1) is 11.3 Å². The molecule has 3 aliphatic rings. The summed E-state index contributed by atoms with van der Waals surface area (Å²) in [6.45, 7) is 17.1. The average Bonchev–Trinajstić information content (AvgIpc) is 3.70. The standard InChI is InChI=1S/C49H44BN3S/c1-29-21-22-41-33(25-29)44-45(54-41)50-38-27-35-34(47(2,3)23-24-48(35,4)5)26-36(38)49(6,7)37-28-42(51-46(43(37)50)52(44)30-15-9-8-10-16-30)53-39-19-13-11-17-31(39)32-18-12-14-20-40(32)53/h8-22,25-28H,23-24H2,1-7H3. The molecule has 1 aliphatic carbocycles. The van der Waals surface area contributed by atoms with Crippen LogP contribution < -0.4 is 20.6 Å². The Morgan fingerprint density at radius 3 is 1.94 bits per heavy atom. The summed E-state index contributed by atoms with van der Waals surface area (Å²) < 4.78 is 5.16. The number of aromatic nitrogens is 2. The SMILES string of the molecule is Cc1ccc2sc3c(c2c1)N(c1ccccc1)c1nc(-n2c4ccccc4c4ccccc42)cc2c1B3c1cc3c(cc1C2(C)C)C(C)(C)CCC3(C)C. The van der Waals surface area contributed by atoms with Gasteiger partial charge < -0.3 is 0 Å². The van der Waals surface area contributed by atoms with Gasteiger partial charge in [0.15, 0.2) is 0 Å². The fourth-order valence-corrected chi connectivity index (χ4v) is 11.6. The maximum atomic E-state index is 5.89. The second kappa shape index (κ2) is 10.8. The summed E-state index contributed by atoms with van der Waals surface area (Å²) in [5, 5.41) is 3.81. The van der Waals surface area contributed by atoms with Gasteiger partial charge in [-0.25, -0.2) is 4.98 Å². The molecule has 0 radical (unpaired) electrons. The minimum atomic E-state index is -0.272. The first kappa shape index (κ1) is 32.3. The first-order chi connectivity index (χ1) is 25.9. The number of pyridine rings is 1. The van der Waals surface area contributed by atoms with Crippen molar-refractivity contribution >= 4 is 82.8 Å². The number of fused-ring (bicyclic) bond motifs is 10. The minimum absolute atomic E-state index is 0.0801. The molecule has 54 heavy (non-hydrogen) atoms. The van der Waals surface area contributed by atoms with Crippen LogP contribution in [-0.4, -0.2) is 16.3 Å². The highest BCUT2D eigenvalue weighted by atomic mass is 32.1. The summed E-state index contributed by atoms with van der Waals surface area (Å²) in [7, 11) is 0. The van der Waals surface area contributed by atoms with Gasteiger partial charge in [0.1, 0.15) is 11.6 Å². The Balaban J connectivity index is 1.32. The Morgan fingerprint density at radius 2 is 1.26 bits per heavy atom. The van der Waals surface area contributed by atoms with Crippen molar-refractivity contribution in [1.82, 2.24) is 9.55 Å². The lowest BCUT2D eigenvalue weighted by atomic mass is 9.32. The monoisotopic (exact) mass is 717 g/mol. The van der Waals surface area contributed by atoms with Crippen LogP contribution in [0.4, 0.5) is 17.2 Å². The molecule has 0 spiro atoms. The van der Waals surface area contributed by atoms with E-state index < -0.39 is 0 Å². The minimum Gasteiger partial charge on any atom is -0.294 e. The van der Waals surface area contributed by atoms with E-state index in [-0.39, 0.29) is 23.0 Å². The maximum absolute atomic E-state index is 5.89. The molecule has 0 saturated heterocycles. The summed E-state index contributed by atoms with van der Waals surface area (Å²) >= 11 is 1.98. The summed E-state index contributed by atoms with van der Waals surface area (Å²) in [6.07, 6.45) is 2.39. The van der Waals surface area contributed by atoms with Crippen molar-refractivity contribution in [3.05, 3.63) is 143 Å². The zero-order valence-corrected chi connectivity index (χ0v) is 33.0. The Kier molecular flexibility index (Phi) is 6.44. The molecule has 3 nitrogen and oxygen atoms in total. The lowest BCUT2D eigenvalue weighted by Gasteiger charge is -2.47. The second-order valence-electron chi connectivity index (χ2n) is 17.9. The van der Waals surface area contributed by atoms with Gasteiger partial charge in [0, 0.05) is 36.7 Å². The van der Waals surface area contributed by atoms with Crippen molar-refractivity contribution < 1.29 is 0 Å². The third kappa shape index (κ3) is 4.22. The van der Waals surface area contributed by atoms with Crippen LogP contribution in [0.15, 0.2) is 115 Å². The van der Waals surface area contributed by atoms with Crippen LogP contribution in [-0.2, 0) is 16.2 Å². The quantitative estimate of drug-likeness (QED) is 0.166. The van der Waals surface area contributed by atoms with E-state index >= 15 is 0 Å². The van der Waals surface area contributed by atoms with E-state index in [4.69, 9.17) is 4.98 Å². The maximum Gasteiger partial charge on any atom is 0.262 e. The first-order valence-corrected chi connectivity index (χ1v) is 20.4. The highest BCUT2D eigenvalue weighted by Gasteiger charge is 2.50. The number of aryl methyl sites for hydroxylation is 1. The molecule has 0 N–H and O–H groups in total. The molecule has 11 rings (SSSR count). The Morgan fingerprint density at radius 1 is 0.630 bits per heavy atom. The van der Waals surface area contributed by atoms with Crippen molar-refractivity contribution in [2.45, 2.75) is 77.6 Å². The van der Waals surface area contributed by atoms with Gasteiger partial charge in [0.2, 0.25) is 0 Å². The van der Waals surface area contributed by atoms with Gasteiger partial charge in [0.25, 0.3) is 6.71 Å². The molecular formula is C49H44BN3S. The number of para-hydroxylation sites is 3. The van der Waals surface area contributed by atoms with E-state index in [0.717, 1.165) is 17.3 Å². The predicted molar refractivity (Wildman–Crippen MR) is 232 cm³/mol. The number of thiophene rings is 1. The topological polar surface area (TPSA) is 21.1 Å². The lowest BCUT2D eigenvalue weighted by Crippen LogP contribution is -2.64. The Bertz CT molecular complexity index is 2840. The van der Waals surface area contributed by atoms with Crippen molar-refractivity contribution in [1.29, 1.82) is 0 Å². The lowest BCUT2D eigenvalue weighted by molar-refractivity contribution is 0.331. The Hall–Kier alpha value is -5.13. The first-order valence-electron chi connectivity index (χ1n) is 19.6. The van der Waals surface area contributed by atoms with Crippen LogP contribution >= 0.6 is 11.3 Å². The number of hydrogen-bond acceptors (Lipinski definition) is 3. The van der Waals surface area contributed by atoms with Crippen LogP contribution in [0.5, 0.6) is 0 Å². The number of benzene rings is 5. The van der Waals surface area contributed by atoms with E-state index in [0.29, 0.717) is 0 Å². The smallest absolute Gasteiger partial charge is 0.262 e. The van der Waals surface area contributed by atoms with Crippen molar-refractivity contribution in [2.75, 3.05) is 4.90 Å². The van der Waals surface area contributed by atoms with Crippen LogP contribution in [0.2, 0.25) is 0 Å². The normalized spacial score (nSPS) is 17.4. The van der Waals surface area contributed by atoms with E-state index in [2.05, 4.69) is 173 Å². The molecule has 0 unspecified atom stereocenters. The fourth-order valence-electron chi connectivity index (χ4n) is 10.3. The predicted octanol–water partition coefficient (Wildman–Crippen LogP) is 11.0. The van der Waals surface area contributed by atoms with Gasteiger partial charge in [-0.3, -0.25) is 9.47 Å². The summed E-state index contributed by atoms with van der Waals surface area (Å²) in [5.41, 5.74) is 14.7. The van der Waals surface area contributed by atoms with Gasteiger partial charge in [-0.1, -0.05) is 125 Å². The average molecular weight is 718 g/mol. The zero-order valence-electron chi connectivity index (χ0n) is 32.2. The highest BCUT2D eigenvalue weighted by Crippen LogP contribution is 2.51. The van der Waals surface area contributed by atoms with Gasteiger partial charge in [-0.2, -0.15) is 0 Å². The van der Waals surface area contributed by atoms with Crippen LogP contribution in [0.1, 0.15) is 82.2 Å². The van der Waals surface area contributed by atoms with E-state index in [1.54, 1.807) is 0 Å². The largest absolute Gasteiger partial charge is 0.294 e.